The molecule has 0 spiro atoms. The summed E-state index contributed by atoms with van der Waals surface area (Å²) in [6.45, 7) is 3.40. The Bertz CT molecular complexity index is 660. The number of anilines is 2. The Morgan fingerprint density at radius 2 is 2.26 bits per heavy atom. The van der Waals surface area contributed by atoms with Crippen LogP contribution in [-0.2, 0) is 6.54 Å². The fourth-order valence-electron chi connectivity index (χ4n) is 1.79. The molecule has 7 nitrogen and oxygen atoms in total. The Kier molecular flexibility index (Phi) is 3.01. The number of furan rings is 1. The fourth-order valence-corrected chi connectivity index (χ4v) is 1.79. The van der Waals surface area contributed by atoms with Crippen LogP contribution >= 0.6 is 0 Å². The summed E-state index contributed by atoms with van der Waals surface area (Å²) in [6.07, 6.45) is 5.06. The molecule has 0 aromatic carbocycles. The van der Waals surface area contributed by atoms with Gasteiger partial charge in [-0.05, 0) is 13.0 Å². The molecule has 0 atom stereocenters. The van der Waals surface area contributed by atoms with Crippen LogP contribution in [0.2, 0.25) is 0 Å². The van der Waals surface area contributed by atoms with E-state index < -0.39 is 0 Å². The number of aromatic nitrogens is 4. The number of nitrogens with one attached hydrogen (secondary N) is 3. The van der Waals surface area contributed by atoms with Crippen molar-refractivity contribution in [2.75, 3.05) is 17.2 Å². The highest BCUT2D eigenvalue weighted by Gasteiger charge is 2.09. The summed E-state index contributed by atoms with van der Waals surface area (Å²) in [5, 5.41) is 14.1. The van der Waals surface area contributed by atoms with E-state index in [1.165, 1.54) is 0 Å². The molecule has 0 radical (unpaired) electrons. The molecule has 0 aliphatic carbocycles. The molecule has 3 aromatic rings. The molecule has 3 rings (SSSR count). The molecule has 0 saturated heterocycles. The Labute approximate surface area is 109 Å². The van der Waals surface area contributed by atoms with Crippen molar-refractivity contribution in [2.24, 2.45) is 0 Å². The summed E-state index contributed by atoms with van der Waals surface area (Å²) in [5.41, 5.74) is 1.76. The first-order valence-corrected chi connectivity index (χ1v) is 6.06. The van der Waals surface area contributed by atoms with Crippen molar-refractivity contribution in [1.29, 1.82) is 0 Å². The van der Waals surface area contributed by atoms with E-state index in [1.807, 2.05) is 13.0 Å². The van der Waals surface area contributed by atoms with Gasteiger partial charge in [0, 0.05) is 18.7 Å². The zero-order chi connectivity index (χ0) is 13.1. The van der Waals surface area contributed by atoms with Crippen LogP contribution in [0.5, 0.6) is 0 Å². The van der Waals surface area contributed by atoms with Crippen molar-refractivity contribution in [3.63, 3.8) is 0 Å². The number of H-pyrrole nitrogens is 1. The molecule has 0 aliphatic heterocycles. The van der Waals surface area contributed by atoms with Crippen molar-refractivity contribution >= 4 is 22.8 Å². The zero-order valence-electron chi connectivity index (χ0n) is 10.5. The number of hydrogen-bond donors (Lipinski definition) is 3. The number of fused-ring (bicyclic) bond motifs is 1. The molecule has 3 heterocycles. The second kappa shape index (κ2) is 4.97. The quantitative estimate of drug-likeness (QED) is 0.648. The van der Waals surface area contributed by atoms with E-state index in [-0.39, 0.29) is 0 Å². The van der Waals surface area contributed by atoms with E-state index in [2.05, 4.69) is 30.8 Å². The zero-order valence-corrected chi connectivity index (χ0v) is 10.5. The maximum Gasteiger partial charge on any atom is 0.226 e. The van der Waals surface area contributed by atoms with E-state index in [1.54, 1.807) is 18.7 Å². The molecular weight excluding hydrogens is 244 g/mol. The van der Waals surface area contributed by atoms with Crippen molar-refractivity contribution in [1.82, 2.24) is 20.2 Å². The van der Waals surface area contributed by atoms with Gasteiger partial charge >= 0.3 is 0 Å². The number of aromatic amines is 1. The predicted molar refractivity (Wildman–Crippen MR) is 71.9 cm³/mol. The van der Waals surface area contributed by atoms with E-state index in [9.17, 15) is 0 Å². The van der Waals surface area contributed by atoms with Crippen LogP contribution < -0.4 is 10.6 Å². The summed E-state index contributed by atoms with van der Waals surface area (Å²) < 4.78 is 5.03. The Balaban J connectivity index is 1.89. The van der Waals surface area contributed by atoms with Gasteiger partial charge in [-0.1, -0.05) is 0 Å². The monoisotopic (exact) mass is 258 g/mol. The second-order valence-electron chi connectivity index (χ2n) is 4.04. The van der Waals surface area contributed by atoms with Crippen LogP contribution in [0.15, 0.2) is 29.2 Å². The SMILES string of the molecule is CCNc1nc(NCc2ccoc2)c2cn[nH]c2n1. The topological polar surface area (TPSA) is 91.7 Å². The van der Waals surface area contributed by atoms with Gasteiger partial charge in [0.1, 0.15) is 5.82 Å². The minimum Gasteiger partial charge on any atom is -0.472 e. The fraction of sp³-hybridized carbons (Fsp3) is 0.250. The summed E-state index contributed by atoms with van der Waals surface area (Å²) in [6, 6.07) is 1.91. The van der Waals surface area contributed by atoms with E-state index in [0.29, 0.717) is 18.1 Å². The highest BCUT2D eigenvalue weighted by atomic mass is 16.3. The average molecular weight is 258 g/mol. The number of hydrogen-bond acceptors (Lipinski definition) is 6. The van der Waals surface area contributed by atoms with E-state index >= 15 is 0 Å². The van der Waals surface area contributed by atoms with Crippen LogP contribution in [0.25, 0.3) is 11.0 Å². The van der Waals surface area contributed by atoms with Crippen LogP contribution in [0.1, 0.15) is 12.5 Å². The lowest BCUT2D eigenvalue weighted by atomic mass is 10.3. The van der Waals surface area contributed by atoms with Gasteiger partial charge in [0.25, 0.3) is 0 Å². The average Bonchev–Trinajstić information content (AvgIpc) is 3.07. The summed E-state index contributed by atoms with van der Waals surface area (Å²) >= 11 is 0. The molecule has 98 valence electrons. The van der Waals surface area contributed by atoms with Crippen LogP contribution in [0.3, 0.4) is 0 Å². The van der Waals surface area contributed by atoms with Gasteiger partial charge in [0.2, 0.25) is 5.95 Å². The first-order valence-electron chi connectivity index (χ1n) is 6.06. The smallest absolute Gasteiger partial charge is 0.226 e. The van der Waals surface area contributed by atoms with Gasteiger partial charge in [-0.3, -0.25) is 5.10 Å². The van der Waals surface area contributed by atoms with E-state index in [4.69, 9.17) is 4.42 Å². The first-order chi connectivity index (χ1) is 9.36. The van der Waals surface area contributed by atoms with Crippen LogP contribution in [-0.4, -0.2) is 26.7 Å². The number of nitrogens with zero attached hydrogens (tertiary/aromatic N) is 3. The van der Waals surface area contributed by atoms with Gasteiger partial charge in [0.15, 0.2) is 5.65 Å². The molecule has 0 amide bonds. The van der Waals surface area contributed by atoms with E-state index in [0.717, 1.165) is 23.3 Å². The molecule has 0 saturated carbocycles. The minimum atomic E-state index is 0.578. The summed E-state index contributed by atoms with van der Waals surface area (Å²) in [7, 11) is 0. The van der Waals surface area contributed by atoms with Crippen molar-refractivity contribution in [2.45, 2.75) is 13.5 Å². The highest BCUT2D eigenvalue weighted by Crippen LogP contribution is 2.20. The second-order valence-corrected chi connectivity index (χ2v) is 4.04. The Morgan fingerprint density at radius 1 is 1.32 bits per heavy atom. The first kappa shape index (κ1) is 11.5. The molecule has 3 N–H and O–H groups in total. The van der Waals surface area contributed by atoms with Crippen molar-refractivity contribution in [3.05, 3.63) is 30.4 Å². The molecule has 7 heteroatoms. The summed E-state index contributed by atoms with van der Waals surface area (Å²) in [4.78, 5) is 8.77. The normalized spacial score (nSPS) is 10.8. The molecule has 0 aliphatic rings. The lowest BCUT2D eigenvalue weighted by Crippen LogP contribution is -2.06. The molecule has 19 heavy (non-hydrogen) atoms. The van der Waals surface area contributed by atoms with Gasteiger partial charge < -0.3 is 15.1 Å². The van der Waals surface area contributed by atoms with Crippen molar-refractivity contribution in [3.8, 4) is 0 Å². The largest absolute Gasteiger partial charge is 0.472 e. The summed E-state index contributed by atoms with van der Waals surface area (Å²) in [5.74, 6) is 1.32. The van der Waals surface area contributed by atoms with Gasteiger partial charge in [0.05, 0.1) is 24.1 Å². The van der Waals surface area contributed by atoms with Crippen LogP contribution in [0, 0.1) is 0 Å². The van der Waals surface area contributed by atoms with Gasteiger partial charge in [-0.15, -0.1) is 0 Å². The van der Waals surface area contributed by atoms with Gasteiger partial charge in [-0.25, -0.2) is 0 Å². The predicted octanol–water partition coefficient (Wildman–Crippen LogP) is 1.99. The third-order valence-corrected chi connectivity index (χ3v) is 2.68. The minimum absolute atomic E-state index is 0.578. The lowest BCUT2D eigenvalue weighted by Gasteiger charge is -2.07. The Morgan fingerprint density at radius 3 is 3.05 bits per heavy atom. The third-order valence-electron chi connectivity index (χ3n) is 2.68. The van der Waals surface area contributed by atoms with Gasteiger partial charge in [-0.2, -0.15) is 15.1 Å². The molecule has 3 aromatic heterocycles. The lowest BCUT2D eigenvalue weighted by molar-refractivity contribution is 0.564. The maximum atomic E-state index is 5.03. The van der Waals surface area contributed by atoms with Crippen LogP contribution in [0.4, 0.5) is 11.8 Å². The molecule has 0 fully saturated rings. The highest BCUT2D eigenvalue weighted by molar-refractivity contribution is 5.86. The standard InChI is InChI=1S/C12H14N6O/c1-2-13-12-16-10(9-6-15-18-11(9)17-12)14-5-8-3-4-19-7-8/h3-4,6-7H,2,5H2,1H3,(H3,13,14,15,16,17,18). The van der Waals surface area contributed by atoms with Crippen molar-refractivity contribution < 1.29 is 4.42 Å². The third kappa shape index (κ3) is 2.35. The molecule has 0 bridgehead atoms. The molecular formula is C12H14N6O. The Hall–Kier alpha value is -2.57. The maximum absolute atomic E-state index is 5.03. The number of rotatable bonds is 5. The molecule has 0 unspecified atom stereocenters.